The highest BCUT2D eigenvalue weighted by atomic mass is 32.2. The SMILES string of the molecule is CNC(C)c1nnnn1C1CCCSC1. The molecule has 0 aromatic carbocycles. The minimum absolute atomic E-state index is 0.215. The van der Waals surface area contributed by atoms with Gasteiger partial charge in [0.05, 0.1) is 12.1 Å². The van der Waals surface area contributed by atoms with Gasteiger partial charge in [0.2, 0.25) is 0 Å². The molecule has 1 aromatic rings. The van der Waals surface area contributed by atoms with Crippen molar-refractivity contribution in [3.05, 3.63) is 5.82 Å². The van der Waals surface area contributed by atoms with Gasteiger partial charge in [0.25, 0.3) is 0 Å². The van der Waals surface area contributed by atoms with Gasteiger partial charge < -0.3 is 5.32 Å². The summed E-state index contributed by atoms with van der Waals surface area (Å²) in [6.45, 7) is 2.08. The van der Waals surface area contributed by atoms with Gasteiger partial charge in [-0.15, -0.1) is 5.10 Å². The van der Waals surface area contributed by atoms with E-state index in [1.165, 1.54) is 18.6 Å². The van der Waals surface area contributed by atoms with Crippen molar-refractivity contribution < 1.29 is 0 Å². The molecule has 84 valence electrons. The Hall–Kier alpha value is -0.620. The van der Waals surface area contributed by atoms with Crippen LogP contribution >= 0.6 is 11.8 Å². The average Bonchev–Trinajstić information content (AvgIpc) is 2.78. The van der Waals surface area contributed by atoms with Crippen molar-refractivity contribution in [1.29, 1.82) is 0 Å². The normalized spacial score (nSPS) is 24.0. The second-order valence-corrected chi connectivity index (χ2v) is 5.01. The molecule has 0 aliphatic carbocycles. The molecule has 0 amide bonds. The van der Waals surface area contributed by atoms with Crippen LogP contribution in [0.4, 0.5) is 0 Å². The molecular formula is C9H17N5S. The fraction of sp³-hybridized carbons (Fsp3) is 0.889. The standard InChI is InChI=1S/C9H17N5S/c1-7(10-2)9-11-12-13-14(9)8-4-3-5-15-6-8/h7-8,10H,3-6H2,1-2H3. The molecule has 1 aromatic heterocycles. The van der Waals surface area contributed by atoms with E-state index in [1.807, 2.05) is 23.5 Å². The summed E-state index contributed by atoms with van der Waals surface area (Å²) in [4.78, 5) is 0. The molecular weight excluding hydrogens is 210 g/mol. The fourth-order valence-corrected chi connectivity index (χ4v) is 2.91. The molecule has 6 heteroatoms. The first-order valence-electron chi connectivity index (χ1n) is 5.35. The van der Waals surface area contributed by atoms with E-state index in [4.69, 9.17) is 0 Å². The van der Waals surface area contributed by atoms with Crippen molar-refractivity contribution in [1.82, 2.24) is 25.5 Å². The van der Waals surface area contributed by atoms with Gasteiger partial charge in [-0.25, -0.2) is 4.68 Å². The number of aromatic nitrogens is 4. The highest BCUT2D eigenvalue weighted by Gasteiger charge is 2.22. The molecule has 1 aliphatic heterocycles. The van der Waals surface area contributed by atoms with Crippen LogP contribution in [0.5, 0.6) is 0 Å². The minimum atomic E-state index is 0.215. The number of hydrogen-bond acceptors (Lipinski definition) is 5. The van der Waals surface area contributed by atoms with Gasteiger partial charge in [0, 0.05) is 5.75 Å². The zero-order valence-corrected chi connectivity index (χ0v) is 10.00. The maximum atomic E-state index is 4.11. The van der Waals surface area contributed by atoms with Crippen LogP contribution in [0, 0.1) is 0 Å². The van der Waals surface area contributed by atoms with Crippen LogP contribution < -0.4 is 5.32 Å². The molecule has 1 saturated heterocycles. The molecule has 1 aliphatic rings. The lowest BCUT2D eigenvalue weighted by Crippen LogP contribution is -2.24. The summed E-state index contributed by atoms with van der Waals surface area (Å²) in [6.07, 6.45) is 2.46. The lowest BCUT2D eigenvalue weighted by molar-refractivity contribution is 0.411. The first-order chi connectivity index (χ1) is 7.33. The first-order valence-corrected chi connectivity index (χ1v) is 6.51. The molecule has 0 radical (unpaired) electrons. The van der Waals surface area contributed by atoms with Crippen molar-refractivity contribution in [2.75, 3.05) is 18.6 Å². The lowest BCUT2D eigenvalue weighted by atomic mass is 10.2. The predicted octanol–water partition coefficient (Wildman–Crippen LogP) is 1.02. The number of rotatable bonds is 3. The molecule has 0 spiro atoms. The van der Waals surface area contributed by atoms with Gasteiger partial charge in [-0.2, -0.15) is 11.8 Å². The Labute approximate surface area is 94.0 Å². The summed E-state index contributed by atoms with van der Waals surface area (Å²) in [5.74, 6) is 3.36. The van der Waals surface area contributed by atoms with Gasteiger partial charge in [0.15, 0.2) is 5.82 Å². The van der Waals surface area contributed by atoms with Gasteiger partial charge >= 0.3 is 0 Å². The van der Waals surface area contributed by atoms with Gasteiger partial charge in [-0.3, -0.25) is 0 Å². The molecule has 2 atom stereocenters. The van der Waals surface area contributed by atoms with Crippen molar-refractivity contribution in [2.24, 2.45) is 0 Å². The first kappa shape index (κ1) is 10.9. The Morgan fingerprint density at radius 1 is 1.60 bits per heavy atom. The third-order valence-electron chi connectivity index (χ3n) is 2.82. The van der Waals surface area contributed by atoms with Crippen LogP contribution in [0.2, 0.25) is 0 Å². The summed E-state index contributed by atoms with van der Waals surface area (Å²) in [5.41, 5.74) is 0. The topological polar surface area (TPSA) is 55.6 Å². The van der Waals surface area contributed by atoms with Crippen molar-refractivity contribution >= 4 is 11.8 Å². The number of nitrogens with zero attached hydrogens (tertiary/aromatic N) is 4. The van der Waals surface area contributed by atoms with Crippen molar-refractivity contribution in [2.45, 2.75) is 31.8 Å². The molecule has 0 bridgehead atoms. The molecule has 15 heavy (non-hydrogen) atoms. The molecule has 2 unspecified atom stereocenters. The van der Waals surface area contributed by atoms with E-state index in [9.17, 15) is 0 Å². The van der Waals surface area contributed by atoms with E-state index in [1.54, 1.807) is 0 Å². The predicted molar refractivity (Wildman–Crippen MR) is 60.9 cm³/mol. The zero-order valence-electron chi connectivity index (χ0n) is 9.18. The zero-order chi connectivity index (χ0) is 10.7. The minimum Gasteiger partial charge on any atom is -0.311 e. The van der Waals surface area contributed by atoms with Crippen molar-refractivity contribution in [3.63, 3.8) is 0 Å². The van der Waals surface area contributed by atoms with Gasteiger partial charge in [-0.05, 0) is 43.0 Å². The number of nitrogens with one attached hydrogen (secondary N) is 1. The van der Waals surface area contributed by atoms with Crippen molar-refractivity contribution in [3.8, 4) is 0 Å². The second-order valence-electron chi connectivity index (χ2n) is 3.86. The third kappa shape index (κ3) is 2.31. The van der Waals surface area contributed by atoms with Crippen LogP contribution in [0.15, 0.2) is 0 Å². The Kier molecular flexibility index (Phi) is 3.58. The maximum absolute atomic E-state index is 4.11. The van der Waals surface area contributed by atoms with E-state index in [-0.39, 0.29) is 6.04 Å². The van der Waals surface area contributed by atoms with Gasteiger partial charge in [0.1, 0.15) is 0 Å². The van der Waals surface area contributed by atoms with Crippen LogP contribution in [0.25, 0.3) is 0 Å². The monoisotopic (exact) mass is 227 g/mol. The van der Waals surface area contributed by atoms with Crippen LogP contribution in [0.3, 0.4) is 0 Å². The third-order valence-corrected chi connectivity index (χ3v) is 4.02. The fourth-order valence-electron chi connectivity index (χ4n) is 1.79. The molecule has 0 saturated carbocycles. The average molecular weight is 227 g/mol. The highest BCUT2D eigenvalue weighted by Crippen LogP contribution is 2.27. The van der Waals surface area contributed by atoms with Crippen LogP contribution in [-0.4, -0.2) is 38.8 Å². The molecule has 2 rings (SSSR count). The number of thioether (sulfide) groups is 1. The molecule has 2 heterocycles. The second kappa shape index (κ2) is 4.94. The summed E-state index contributed by atoms with van der Waals surface area (Å²) < 4.78 is 1.99. The van der Waals surface area contributed by atoms with Crippen LogP contribution in [0.1, 0.15) is 37.7 Å². The highest BCUT2D eigenvalue weighted by molar-refractivity contribution is 7.99. The quantitative estimate of drug-likeness (QED) is 0.835. The number of tetrazole rings is 1. The Morgan fingerprint density at radius 3 is 3.13 bits per heavy atom. The van der Waals surface area contributed by atoms with E-state index < -0.39 is 0 Å². The molecule has 1 N–H and O–H groups in total. The Bertz CT molecular complexity index is 307. The Balaban J connectivity index is 2.15. The van der Waals surface area contributed by atoms with E-state index in [0.717, 1.165) is 11.6 Å². The van der Waals surface area contributed by atoms with E-state index in [0.29, 0.717) is 6.04 Å². The van der Waals surface area contributed by atoms with Gasteiger partial charge in [-0.1, -0.05) is 0 Å². The maximum Gasteiger partial charge on any atom is 0.168 e. The summed E-state index contributed by atoms with van der Waals surface area (Å²) in [7, 11) is 1.93. The molecule has 1 fully saturated rings. The smallest absolute Gasteiger partial charge is 0.168 e. The van der Waals surface area contributed by atoms with Crippen LogP contribution in [-0.2, 0) is 0 Å². The largest absolute Gasteiger partial charge is 0.311 e. The summed E-state index contributed by atoms with van der Waals surface area (Å²) >= 11 is 1.99. The molecule has 5 nitrogen and oxygen atoms in total. The lowest BCUT2D eigenvalue weighted by Gasteiger charge is -2.23. The summed E-state index contributed by atoms with van der Waals surface area (Å²) in [6, 6.07) is 0.691. The number of hydrogen-bond donors (Lipinski definition) is 1. The Morgan fingerprint density at radius 2 is 2.47 bits per heavy atom. The summed E-state index contributed by atoms with van der Waals surface area (Å²) in [5, 5.41) is 15.2. The van der Waals surface area contributed by atoms with E-state index in [2.05, 4.69) is 27.8 Å². The van der Waals surface area contributed by atoms with E-state index >= 15 is 0 Å².